The van der Waals surface area contributed by atoms with Crippen LogP contribution in [0.3, 0.4) is 0 Å². The monoisotopic (exact) mass is 729 g/mol. The van der Waals surface area contributed by atoms with Crippen molar-refractivity contribution in [2.45, 2.75) is 75.0 Å². The lowest BCUT2D eigenvalue weighted by Crippen LogP contribution is -2.68. The second kappa shape index (κ2) is 14.8. The number of carbonyl (C=O) groups excluding carboxylic acids is 2. The van der Waals surface area contributed by atoms with Gasteiger partial charge in [-0.3, -0.25) is 14.6 Å². The minimum absolute atomic E-state index is 0.00674. The summed E-state index contributed by atoms with van der Waals surface area (Å²) in [5.41, 5.74) is -5.06. The summed E-state index contributed by atoms with van der Waals surface area (Å²) in [6.45, 7) is 1.42. The Kier molecular flexibility index (Phi) is 11.0. The Bertz CT molecular complexity index is 1660. The van der Waals surface area contributed by atoms with Crippen LogP contribution < -0.4 is 9.47 Å². The number of pyridine rings is 1. The molecule has 0 saturated carbocycles. The Balaban J connectivity index is 1.52. The molecule has 2 aromatic heterocycles. The molecule has 50 heavy (non-hydrogen) atoms. The zero-order valence-corrected chi connectivity index (χ0v) is 27.9. The van der Waals surface area contributed by atoms with Gasteiger partial charge in [0.25, 0.3) is 11.8 Å². The molecule has 2 aliphatic heterocycles. The summed E-state index contributed by atoms with van der Waals surface area (Å²) in [6, 6.07) is 8.13. The minimum Gasteiger partial charge on any atom is -0.491 e. The van der Waals surface area contributed by atoms with E-state index in [1.165, 1.54) is 4.90 Å². The minimum atomic E-state index is -4.91. The molecule has 2 aliphatic rings. The van der Waals surface area contributed by atoms with Crippen LogP contribution in [-0.2, 0) is 22.7 Å². The molecular weight excluding hydrogens is 692 g/mol. The van der Waals surface area contributed by atoms with E-state index in [0.29, 0.717) is 29.1 Å². The molecule has 2 N–H and O–H groups in total. The number of rotatable bonds is 10. The number of piperidine rings is 2. The fourth-order valence-electron chi connectivity index (χ4n) is 6.82. The van der Waals surface area contributed by atoms with Crippen LogP contribution >= 0.6 is 11.3 Å². The molecule has 2 atom stereocenters. The van der Waals surface area contributed by atoms with Crippen molar-refractivity contribution in [3.05, 3.63) is 75.7 Å². The number of halogens is 6. The van der Waals surface area contributed by atoms with E-state index >= 15 is 0 Å². The van der Waals surface area contributed by atoms with Crippen LogP contribution in [0.5, 0.6) is 11.5 Å². The molecule has 272 valence electrons. The SMILES string of the molecule is CCC[C@H]1N(C(=O)c2ncccc2C(F)(F)F)CCC[C@@]1(Oc1csc(C(F)(F)F)c1)C(=O)N1CCC(O)(c2ccccc2OCCO)CC1. The number of carbonyl (C=O) groups is 2. The molecule has 0 aliphatic carbocycles. The molecule has 5 rings (SSSR count). The summed E-state index contributed by atoms with van der Waals surface area (Å²) >= 11 is 0.368. The Morgan fingerprint density at radius 1 is 1.02 bits per heavy atom. The Morgan fingerprint density at radius 2 is 1.74 bits per heavy atom. The number of hydrogen-bond acceptors (Lipinski definition) is 8. The molecule has 0 spiro atoms. The molecule has 0 radical (unpaired) electrons. The highest BCUT2D eigenvalue weighted by atomic mass is 32.1. The van der Waals surface area contributed by atoms with E-state index in [1.807, 2.05) is 0 Å². The Labute approximate surface area is 288 Å². The van der Waals surface area contributed by atoms with E-state index < -0.39 is 57.5 Å². The number of hydrogen-bond donors (Lipinski definition) is 2. The molecule has 4 heterocycles. The maximum atomic E-state index is 14.8. The highest BCUT2D eigenvalue weighted by Crippen LogP contribution is 2.44. The molecule has 2 saturated heterocycles. The molecular formula is C34H37F6N3O6S. The van der Waals surface area contributed by atoms with Crippen LogP contribution in [0.2, 0.25) is 0 Å². The van der Waals surface area contributed by atoms with Gasteiger partial charge in [0.2, 0.25) is 5.60 Å². The van der Waals surface area contributed by atoms with Gasteiger partial charge in [0.05, 0.1) is 23.8 Å². The van der Waals surface area contributed by atoms with Crippen LogP contribution in [0.25, 0.3) is 0 Å². The molecule has 16 heteroatoms. The van der Waals surface area contributed by atoms with Crippen molar-refractivity contribution >= 4 is 23.2 Å². The number of alkyl halides is 6. The summed E-state index contributed by atoms with van der Waals surface area (Å²) < 4.78 is 94.7. The second-order valence-electron chi connectivity index (χ2n) is 12.3. The molecule has 2 fully saturated rings. The third-order valence-electron chi connectivity index (χ3n) is 9.13. The second-order valence-corrected chi connectivity index (χ2v) is 13.2. The predicted octanol–water partition coefficient (Wildman–Crippen LogP) is 6.28. The third-order valence-corrected chi connectivity index (χ3v) is 10.1. The first-order valence-electron chi connectivity index (χ1n) is 16.2. The lowest BCUT2D eigenvalue weighted by Gasteiger charge is -2.51. The lowest BCUT2D eigenvalue weighted by molar-refractivity contribution is -0.163. The third kappa shape index (κ3) is 7.56. The molecule has 9 nitrogen and oxygen atoms in total. The smallest absolute Gasteiger partial charge is 0.425 e. The average molecular weight is 730 g/mol. The van der Waals surface area contributed by atoms with Crippen molar-refractivity contribution in [1.29, 1.82) is 0 Å². The van der Waals surface area contributed by atoms with Gasteiger partial charge in [0.1, 0.15) is 28.7 Å². The molecule has 0 bridgehead atoms. The number of likely N-dealkylation sites (tertiary alicyclic amines) is 2. The van der Waals surface area contributed by atoms with Crippen LogP contribution in [-0.4, -0.2) is 81.3 Å². The van der Waals surface area contributed by atoms with Crippen LogP contribution in [0.15, 0.2) is 54.0 Å². The number of amides is 2. The number of nitrogens with zero attached hydrogens (tertiary/aromatic N) is 3. The van der Waals surface area contributed by atoms with Gasteiger partial charge in [-0.25, -0.2) is 0 Å². The summed E-state index contributed by atoms with van der Waals surface area (Å²) in [5.74, 6) is -1.63. The maximum Gasteiger partial charge on any atom is 0.425 e. The fourth-order valence-corrected chi connectivity index (χ4v) is 7.50. The van der Waals surface area contributed by atoms with Gasteiger partial charge in [-0.15, -0.1) is 11.3 Å². The average Bonchev–Trinajstić information content (AvgIpc) is 3.57. The van der Waals surface area contributed by atoms with E-state index in [-0.39, 0.29) is 70.7 Å². The molecule has 1 aromatic carbocycles. The quantitative estimate of drug-likeness (QED) is 0.236. The number of aliphatic hydroxyl groups is 2. The number of para-hydroxylation sites is 1. The van der Waals surface area contributed by atoms with Gasteiger partial charge in [-0.1, -0.05) is 31.5 Å². The Morgan fingerprint density at radius 3 is 2.38 bits per heavy atom. The van der Waals surface area contributed by atoms with E-state index in [9.17, 15) is 46.1 Å². The summed E-state index contributed by atoms with van der Waals surface area (Å²) in [7, 11) is 0. The summed E-state index contributed by atoms with van der Waals surface area (Å²) in [4.78, 5) is 34.1. The van der Waals surface area contributed by atoms with E-state index in [4.69, 9.17) is 9.47 Å². The van der Waals surface area contributed by atoms with Crippen LogP contribution in [0.4, 0.5) is 26.3 Å². The normalized spacial score (nSPS) is 21.2. The lowest BCUT2D eigenvalue weighted by atomic mass is 9.78. The van der Waals surface area contributed by atoms with Crippen molar-refractivity contribution in [3.63, 3.8) is 0 Å². The van der Waals surface area contributed by atoms with Crippen molar-refractivity contribution in [2.75, 3.05) is 32.8 Å². The number of aliphatic hydroxyl groups excluding tert-OH is 1. The number of thiophene rings is 1. The van der Waals surface area contributed by atoms with E-state index in [2.05, 4.69) is 4.98 Å². The first kappa shape index (κ1) is 37.4. The maximum absolute atomic E-state index is 14.8. The first-order valence-corrected chi connectivity index (χ1v) is 17.1. The van der Waals surface area contributed by atoms with Crippen molar-refractivity contribution in [1.82, 2.24) is 14.8 Å². The van der Waals surface area contributed by atoms with Gasteiger partial charge < -0.3 is 29.5 Å². The van der Waals surface area contributed by atoms with Gasteiger partial charge in [0.15, 0.2) is 0 Å². The number of aromatic nitrogens is 1. The topological polar surface area (TPSA) is 112 Å². The van der Waals surface area contributed by atoms with Gasteiger partial charge >= 0.3 is 12.4 Å². The van der Waals surface area contributed by atoms with Gasteiger partial charge in [-0.05, 0) is 43.9 Å². The summed E-state index contributed by atoms with van der Waals surface area (Å²) in [6.07, 6.45) is -7.98. The number of benzene rings is 1. The van der Waals surface area contributed by atoms with Crippen LogP contribution in [0.1, 0.15) is 71.9 Å². The molecule has 3 aromatic rings. The Hall–Kier alpha value is -3.89. The summed E-state index contributed by atoms with van der Waals surface area (Å²) in [5, 5.41) is 22.1. The zero-order chi connectivity index (χ0) is 36.3. The van der Waals surface area contributed by atoms with E-state index in [1.54, 1.807) is 31.2 Å². The van der Waals surface area contributed by atoms with Crippen molar-refractivity contribution in [3.8, 4) is 11.5 Å². The van der Waals surface area contributed by atoms with Gasteiger partial charge in [-0.2, -0.15) is 26.3 Å². The van der Waals surface area contributed by atoms with Crippen molar-refractivity contribution in [2.24, 2.45) is 0 Å². The van der Waals surface area contributed by atoms with Crippen LogP contribution in [0, 0.1) is 0 Å². The fraction of sp³-hybridized carbons (Fsp3) is 0.500. The standard InChI is InChI=1S/C34H37F6N3O6S/c1-2-7-26-32(49-22-20-27(50-21-22)34(38,39)40,11-6-15-43(26)29(45)28-24(33(35,36)37)9-5-14-41-28)30(46)42-16-12-31(47,13-17-42)23-8-3-4-10-25(23)48-19-18-44/h3-5,8-10,14,20-21,26,44,47H,2,6-7,11-13,15-19H2,1H3/t26-,32+/m1/s1. The highest BCUT2D eigenvalue weighted by Gasteiger charge is 2.56. The molecule has 2 amide bonds. The highest BCUT2D eigenvalue weighted by molar-refractivity contribution is 7.10. The number of ether oxygens (including phenoxy) is 2. The largest absolute Gasteiger partial charge is 0.491 e. The zero-order valence-electron chi connectivity index (χ0n) is 27.1. The van der Waals surface area contributed by atoms with E-state index in [0.717, 1.165) is 34.7 Å². The molecule has 0 unspecified atom stereocenters. The van der Waals surface area contributed by atoms with Gasteiger partial charge in [0, 0.05) is 49.3 Å². The first-order chi connectivity index (χ1) is 23.6. The predicted molar refractivity (Wildman–Crippen MR) is 170 cm³/mol. The van der Waals surface area contributed by atoms with Crippen molar-refractivity contribution < 1.29 is 55.6 Å².